The molecule has 0 saturated carbocycles. The molecular weight excluding hydrogens is 345 g/mol. The average molecular weight is 353 g/mol. The van der Waals surface area contributed by atoms with Gasteiger partial charge < -0.3 is 14.7 Å². The molecule has 0 rings (SSSR count). The maximum absolute atomic E-state index is 8.88. The molecule has 0 aliphatic heterocycles. The van der Waals surface area contributed by atoms with Crippen LogP contribution in [0, 0.1) is 49.4 Å². The van der Waals surface area contributed by atoms with E-state index in [1.807, 2.05) is 0 Å². The molecule has 0 unspecified atom stereocenters. The third kappa shape index (κ3) is 59.8. The minimum absolute atomic E-state index is 0. The van der Waals surface area contributed by atoms with Gasteiger partial charge in [-0.25, -0.2) is 4.57 Å². The molecular formula is H8BEuO4PSr. The summed E-state index contributed by atoms with van der Waals surface area (Å²) in [7, 11) is -4.64. The Labute approximate surface area is 127 Å². The number of rotatable bonds is 0. The summed E-state index contributed by atoms with van der Waals surface area (Å²) in [5, 5.41) is 0. The number of phosphoric acid groups is 1. The van der Waals surface area contributed by atoms with E-state index in [9.17, 15) is 0 Å². The van der Waals surface area contributed by atoms with Crippen LogP contribution in [0.1, 0.15) is 0 Å². The predicted octanol–water partition coefficient (Wildman–Crippen LogP) is -3.03. The Morgan fingerprint density at radius 3 is 1.12 bits per heavy atom. The summed E-state index contributed by atoms with van der Waals surface area (Å²) in [6.07, 6.45) is 0. The molecule has 8 heteroatoms. The van der Waals surface area contributed by atoms with Crippen molar-refractivity contribution in [2.45, 2.75) is 0 Å². The van der Waals surface area contributed by atoms with Crippen LogP contribution in [0.4, 0.5) is 0 Å². The molecule has 0 atom stereocenters. The van der Waals surface area contributed by atoms with Crippen LogP contribution in [-0.2, 0) is 4.57 Å². The van der Waals surface area contributed by atoms with Crippen LogP contribution in [0.3, 0.4) is 0 Å². The number of hydrogen-bond donors (Lipinski definition) is 3. The second kappa shape index (κ2) is 10.2. The molecule has 4 nitrogen and oxygen atoms in total. The van der Waals surface area contributed by atoms with E-state index in [4.69, 9.17) is 19.2 Å². The van der Waals surface area contributed by atoms with E-state index in [2.05, 4.69) is 0 Å². The monoisotopic (exact) mass is 355 g/mol. The second-order valence-corrected chi connectivity index (χ2v) is 1.54. The first-order valence-corrected chi connectivity index (χ1v) is 2.35. The van der Waals surface area contributed by atoms with Gasteiger partial charge in [-0.3, -0.25) is 0 Å². The summed E-state index contributed by atoms with van der Waals surface area (Å²) >= 11 is 0. The third-order valence-electron chi connectivity index (χ3n) is 0. The fourth-order valence-electron chi connectivity index (χ4n) is 0. The maximum atomic E-state index is 8.88. The van der Waals surface area contributed by atoms with E-state index < -0.39 is 7.82 Å². The van der Waals surface area contributed by atoms with E-state index in [-0.39, 0.29) is 103 Å². The van der Waals surface area contributed by atoms with E-state index in [1.165, 1.54) is 0 Å². The van der Waals surface area contributed by atoms with Crippen molar-refractivity contribution in [2.24, 2.45) is 0 Å². The van der Waals surface area contributed by atoms with E-state index in [0.29, 0.717) is 0 Å². The average Bonchev–Trinajstić information content (AvgIpc) is 0.722. The van der Waals surface area contributed by atoms with Gasteiger partial charge in [-0.15, -0.1) is 0 Å². The summed E-state index contributed by atoms with van der Waals surface area (Å²) in [6, 6.07) is 0. The Kier molecular flexibility index (Phi) is 28.8. The van der Waals surface area contributed by atoms with Crippen molar-refractivity contribution < 1.29 is 68.6 Å². The summed E-state index contributed by atoms with van der Waals surface area (Å²) < 4.78 is 8.88. The van der Waals surface area contributed by atoms with Crippen molar-refractivity contribution in [1.82, 2.24) is 0 Å². The molecule has 3 N–H and O–H groups in total. The van der Waals surface area contributed by atoms with Crippen LogP contribution >= 0.6 is 7.82 Å². The van der Waals surface area contributed by atoms with Gasteiger partial charge in [0.05, 0.1) is 8.41 Å². The fourth-order valence-corrected chi connectivity index (χ4v) is 0. The van der Waals surface area contributed by atoms with Gasteiger partial charge in [0.25, 0.3) is 0 Å². The Hall–Kier alpha value is 3.24. The zero-order valence-corrected chi connectivity index (χ0v) is 5.89. The summed E-state index contributed by atoms with van der Waals surface area (Å²) in [5.74, 6) is 0. The van der Waals surface area contributed by atoms with Crippen LogP contribution in [0.5, 0.6) is 0 Å². The molecule has 0 aromatic carbocycles. The summed E-state index contributed by atoms with van der Waals surface area (Å²) in [5.41, 5.74) is 0. The quantitative estimate of drug-likeness (QED) is 0.320. The second-order valence-electron chi connectivity index (χ2n) is 0.513. The van der Waals surface area contributed by atoms with Crippen LogP contribution < -0.4 is 0 Å². The molecule has 0 fully saturated rings. The van der Waals surface area contributed by atoms with Crippen molar-refractivity contribution >= 4 is 61.7 Å². The van der Waals surface area contributed by atoms with Crippen molar-refractivity contribution in [1.29, 1.82) is 0 Å². The van der Waals surface area contributed by atoms with Crippen molar-refractivity contribution in [3.8, 4) is 0 Å². The van der Waals surface area contributed by atoms with Gasteiger partial charge >= 0.3 is 53.3 Å². The van der Waals surface area contributed by atoms with Crippen LogP contribution in [0.2, 0.25) is 0 Å². The first-order chi connectivity index (χ1) is 2.00. The van der Waals surface area contributed by atoms with E-state index in [1.54, 1.807) is 0 Å². The first-order valence-electron chi connectivity index (χ1n) is 0.783. The predicted molar refractivity (Wildman–Crippen MR) is 32.7 cm³/mol. The van der Waals surface area contributed by atoms with Crippen LogP contribution in [0.25, 0.3) is 0 Å². The van der Waals surface area contributed by atoms with Crippen molar-refractivity contribution in [2.75, 3.05) is 0 Å². The molecule has 8 heavy (non-hydrogen) atoms. The van der Waals surface area contributed by atoms with E-state index >= 15 is 0 Å². The van der Waals surface area contributed by atoms with Gasteiger partial charge in [0.15, 0.2) is 0 Å². The Morgan fingerprint density at radius 2 is 1.12 bits per heavy atom. The summed E-state index contributed by atoms with van der Waals surface area (Å²) in [6.45, 7) is 0. The topological polar surface area (TPSA) is 77.8 Å². The van der Waals surface area contributed by atoms with Gasteiger partial charge in [-0.05, 0) is 0 Å². The molecule has 49 valence electrons. The molecule has 0 aromatic rings. The first kappa shape index (κ1) is 22.5. The SMILES string of the molecule is B.O=P(O)(O)O.[Eu].[SrH2]. The zero-order chi connectivity index (χ0) is 4.50. The van der Waals surface area contributed by atoms with E-state index in [0.717, 1.165) is 0 Å². The molecule has 0 aliphatic rings. The number of hydrogen-bond acceptors (Lipinski definition) is 1. The Morgan fingerprint density at radius 1 is 1.12 bits per heavy atom. The molecule has 1 radical (unpaired) electrons. The van der Waals surface area contributed by atoms with Crippen LogP contribution in [-0.4, -0.2) is 68.6 Å². The minimum atomic E-state index is -4.64. The molecule has 0 amide bonds. The van der Waals surface area contributed by atoms with Crippen molar-refractivity contribution in [3.63, 3.8) is 0 Å². The normalized spacial score (nSPS) is 7.38. The van der Waals surface area contributed by atoms with Gasteiger partial charge in [-0.1, -0.05) is 0 Å². The molecule has 0 aromatic heterocycles. The Balaban J connectivity index is -0.0000000267. The Bertz CT molecular complexity index is 62.2. The van der Waals surface area contributed by atoms with Gasteiger partial charge in [0, 0.05) is 49.4 Å². The van der Waals surface area contributed by atoms with Gasteiger partial charge in [0.1, 0.15) is 0 Å². The molecule has 0 saturated heterocycles. The molecule has 0 bridgehead atoms. The molecule has 0 spiro atoms. The zero-order valence-electron chi connectivity index (χ0n) is 2.58. The fraction of sp³-hybridized carbons (Fsp3) is 0. The van der Waals surface area contributed by atoms with Crippen molar-refractivity contribution in [3.05, 3.63) is 0 Å². The van der Waals surface area contributed by atoms with Gasteiger partial charge in [0.2, 0.25) is 0 Å². The third-order valence-corrected chi connectivity index (χ3v) is 0. The molecule has 0 aliphatic carbocycles. The standard InChI is InChI=1S/BH3.Eu.H3O4P.Sr.2H/c;;1-5(2,3)4;;;/h1H3;;(H3,1,2,3,4);;;. The van der Waals surface area contributed by atoms with Crippen LogP contribution in [0.15, 0.2) is 0 Å². The molecule has 0 heterocycles. The van der Waals surface area contributed by atoms with Gasteiger partial charge in [-0.2, -0.15) is 0 Å². The summed E-state index contributed by atoms with van der Waals surface area (Å²) in [4.78, 5) is 21.6.